The molecule has 1 heteroatoms. The summed E-state index contributed by atoms with van der Waals surface area (Å²) in [6, 6.07) is 4.23. The molecule has 2 rings (SSSR count). The van der Waals surface area contributed by atoms with Crippen molar-refractivity contribution in [2.45, 2.75) is 12.8 Å². The van der Waals surface area contributed by atoms with E-state index >= 15 is 0 Å². The van der Waals surface area contributed by atoms with Gasteiger partial charge in [0.05, 0.1) is 0 Å². The normalized spacial score (nSPS) is 16.0. The maximum Gasteiger partial charge on any atom is 0.0382 e. The standard InChI is InChI=1S/C10H10S/c1-2-9(8-5-6-8)10-4-3-7-11-10/h3-4,7-8H,1,5-6H2. The van der Waals surface area contributed by atoms with Crippen LogP contribution in [-0.4, -0.2) is 0 Å². The molecule has 1 heterocycles. The highest BCUT2D eigenvalue weighted by atomic mass is 32.1. The van der Waals surface area contributed by atoms with Gasteiger partial charge in [0.25, 0.3) is 0 Å². The topological polar surface area (TPSA) is 0 Å². The first-order valence-electron chi connectivity index (χ1n) is 3.85. The minimum absolute atomic E-state index is 0.770. The first-order chi connectivity index (χ1) is 5.42. The van der Waals surface area contributed by atoms with E-state index in [1.54, 1.807) is 11.3 Å². The Morgan fingerprint density at radius 3 is 2.91 bits per heavy atom. The molecule has 1 saturated carbocycles. The summed E-state index contributed by atoms with van der Waals surface area (Å²) in [6.45, 7) is 3.72. The van der Waals surface area contributed by atoms with Crippen molar-refractivity contribution in [2.24, 2.45) is 5.92 Å². The second-order valence-electron chi connectivity index (χ2n) is 2.84. The summed E-state index contributed by atoms with van der Waals surface area (Å²) < 4.78 is 0. The van der Waals surface area contributed by atoms with Gasteiger partial charge in [-0.25, -0.2) is 0 Å². The fraction of sp³-hybridized carbons (Fsp3) is 0.300. The third kappa shape index (κ3) is 1.30. The predicted molar refractivity (Wildman–Crippen MR) is 49.6 cm³/mol. The maximum atomic E-state index is 3.72. The van der Waals surface area contributed by atoms with Crippen LogP contribution in [-0.2, 0) is 0 Å². The molecule has 1 fully saturated rings. The molecule has 0 aromatic carbocycles. The van der Waals surface area contributed by atoms with Gasteiger partial charge in [0.15, 0.2) is 0 Å². The van der Waals surface area contributed by atoms with Crippen LogP contribution >= 0.6 is 11.3 Å². The summed E-state index contributed by atoms with van der Waals surface area (Å²) in [5, 5.41) is 2.11. The summed E-state index contributed by atoms with van der Waals surface area (Å²) in [5.74, 6) is 0.770. The molecule has 1 aliphatic rings. The lowest BCUT2D eigenvalue weighted by Crippen LogP contribution is -1.78. The monoisotopic (exact) mass is 162 g/mol. The van der Waals surface area contributed by atoms with E-state index in [0.29, 0.717) is 0 Å². The van der Waals surface area contributed by atoms with Crippen molar-refractivity contribution >= 4 is 16.9 Å². The van der Waals surface area contributed by atoms with Gasteiger partial charge in [-0.2, -0.15) is 0 Å². The first-order valence-corrected chi connectivity index (χ1v) is 4.73. The lowest BCUT2D eigenvalue weighted by molar-refractivity contribution is 1.16. The highest BCUT2D eigenvalue weighted by Gasteiger charge is 2.26. The molecule has 1 aromatic heterocycles. The Morgan fingerprint density at radius 2 is 2.45 bits per heavy atom. The van der Waals surface area contributed by atoms with Crippen LogP contribution in [0.2, 0.25) is 0 Å². The van der Waals surface area contributed by atoms with E-state index < -0.39 is 0 Å². The summed E-state index contributed by atoms with van der Waals surface area (Å²) in [6.07, 6.45) is 2.66. The van der Waals surface area contributed by atoms with Crippen LogP contribution in [0.5, 0.6) is 0 Å². The highest BCUT2D eigenvalue weighted by molar-refractivity contribution is 7.11. The molecule has 0 nitrogen and oxygen atoms in total. The van der Waals surface area contributed by atoms with Crippen LogP contribution in [0.4, 0.5) is 0 Å². The van der Waals surface area contributed by atoms with Gasteiger partial charge in [0, 0.05) is 10.5 Å². The van der Waals surface area contributed by atoms with Crippen molar-refractivity contribution in [3.63, 3.8) is 0 Å². The van der Waals surface area contributed by atoms with Crippen molar-refractivity contribution in [1.82, 2.24) is 0 Å². The van der Waals surface area contributed by atoms with Crippen LogP contribution in [0.15, 0.2) is 29.8 Å². The Kier molecular flexibility index (Phi) is 1.69. The van der Waals surface area contributed by atoms with Crippen molar-refractivity contribution in [2.75, 3.05) is 0 Å². The molecule has 0 N–H and O–H groups in total. The zero-order valence-corrected chi connectivity index (χ0v) is 7.16. The van der Waals surface area contributed by atoms with E-state index in [1.807, 2.05) is 0 Å². The Balaban J connectivity index is 2.32. The fourth-order valence-electron chi connectivity index (χ4n) is 1.24. The van der Waals surface area contributed by atoms with Gasteiger partial charge >= 0.3 is 0 Å². The van der Waals surface area contributed by atoms with Crippen LogP contribution in [0.1, 0.15) is 17.7 Å². The van der Waals surface area contributed by atoms with Gasteiger partial charge in [-0.3, -0.25) is 0 Å². The van der Waals surface area contributed by atoms with Gasteiger partial charge in [-0.1, -0.05) is 12.6 Å². The summed E-state index contributed by atoms with van der Waals surface area (Å²) >= 11 is 1.78. The third-order valence-electron chi connectivity index (χ3n) is 1.96. The molecule has 1 aromatic rings. The quantitative estimate of drug-likeness (QED) is 0.585. The summed E-state index contributed by atoms with van der Waals surface area (Å²) in [5.41, 5.74) is 4.38. The van der Waals surface area contributed by atoms with Crippen LogP contribution < -0.4 is 0 Å². The second-order valence-corrected chi connectivity index (χ2v) is 3.79. The number of hydrogen-bond acceptors (Lipinski definition) is 1. The molecule has 1 aliphatic carbocycles. The summed E-state index contributed by atoms with van der Waals surface area (Å²) in [4.78, 5) is 1.35. The van der Waals surface area contributed by atoms with Crippen molar-refractivity contribution < 1.29 is 0 Å². The minimum Gasteiger partial charge on any atom is -0.144 e. The lowest BCUT2D eigenvalue weighted by Gasteiger charge is -1.95. The molecule has 0 unspecified atom stereocenters. The Labute approximate surface area is 70.9 Å². The van der Waals surface area contributed by atoms with E-state index in [1.165, 1.54) is 23.3 Å². The van der Waals surface area contributed by atoms with Gasteiger partial charge < -0.3 is 0 Å². The predicted octanol–water partition coefficient (Wildman–Crippen LogP) is 3.33. The molecule has 0 bridgehead atoms. The van der Waals surface area contributed by atoms with Gasteiger partial charge in [0.1, 0.15) is 0 Å². The van der Waals surface area contributed by atoms with Crippen molar-refractivity contribution in [1.29, 1.82) is 0 Å². The first kappa shape index (κ1) is 6.90. The van der Waals surface area contributed by atoms with Gasteiger partial charge in [0.2, 0.25) is 0 Å². The Morgan fingerprint density at radius 1 is 1.64 bits per heavy atom. The maximum absolute atomic E-state index is 3.72. The molecule has 0 saturated heterocycles. The minimum atomic E-state index is 0.770. The Hall–Kier alpha value is -0.780. The molecule has 0 amide bonds. The largest absolute Gasteiger partial charge is 0.144 e. The van der Waals surface area contributed by atoms with Gasteiger partial charge in [-0.05, 0) is 30.2 Å². The van der Waals surface area contributed by atoms with E-state index in [4.69, 9.17) is 0 Å². The number of thiophene rings is 1. The van der Waals surface area contributed by atoms with E-state index in [-0.39, 0.29) is 0 Å². The zero-order valence-electron chi connectivity index (χ0n) is 6.34. The van der Waals surface area contributed by atoms with Gasteiger partial charge in [-0.15, -0.1) is 17.1 Å². The molecular weight excluding hydrogens is 152 g/mol. The van der Waals surface area contributed by atoms with Crippen molar-refractivity contribution in [3.05, 3.63) is 34.7 Å². The molecule has 0 radical (unpaired) electrons. The number of allylic oxidation sites excluding steroid dienone is 1. The molecule has 11 heavy (non-hydrogen) atoms. The van der Waals surface area contributed by atoms with Crippen molar-refractivity contribution in [3.8, 4) is 0 Å². The molecule has 0 atom stereocenters. The Bertz CT molecular complexity index is 285. The van der Waals surface area contributed by atoms with E-state index in [2.05, 4.69) is 29.8 Å². The zero-order chi connectivity index (χ0) is 7.68. The second kappa shape index (κ2) is 2.69. The number of rotatable bonds is 2. The van der Waals surface area contributed by atoms with E-state index in [0.717, 1.165) is 5.92 Å². The lowest BCUT2D eigenvalue weighted by atomic mass is 10.1. The smallest absolute Gasteiger partial charge is 0.0382 e. The molecule has 0 spiro atoms. The third-order valence-corrected chi connectivity index (χ3v) is 2.87. The SMILES string of the molecule is C=C=C(c1cccs1)C1CC1. The molecule has 0 aliphatic heterocycles. The molecule has 56 valence electrons. The van der Waals surface area contributed by atoms with Crippen LogP contribution in [0, 0.1) is 5.92 Å². The highest BCUT2D eigenvalue weighted by Crippen LogP contribution is 2.42. The fourth-order valence-corrected chi connectivity index (χ4v) is 2.06. The average Bonchev–Trinajstić information content (AvgIpc) is 2.68. The van der Waals surface area contributed by atoms with Crippen LogP contribution in [0.25, 0.3) is 5.57 Å². The van der Waals surface area contributed by atoms with E-state index in [9.17, 15) is 0 Å². The number of hydrogen-bond donors (Lipinski definition) is 0. The summed E-state index contributed by atoms with van der Waals surface area (Å²) in [7, 11) is 0. The molecular formula is C10H10S. The van der Waals surface area contributed by atoms with Crippen LogP contribution in [0.3, 0.4) is 0 Å². The average molecular weight is 162 g/mol.